The van der Waals surface area contributed by atoms with Gasteiger partial charge in [-0.2, -0.15) is 5.10 Å². The van der Waals surface area contributed by atoms with Crippen LogP contribution in [0.4, 0.5) is 0 Å². The normalized spacial score (nSPS) is 12.0. The van der Waals surface area contributed by atoms with Gasteiger partial charge in [0.25, 0.3) is 0 Å². The van der Waals surface area contributed by atoms with Gasteiger partial charge in [-0.05, 0) is 53.9 Å². The lowest BCUT2D eigenvalue weighted by atomic mass is 9.93. The molecule has 0 unspecified atom stereocenters. The Bertz CT molecular complexity index is 1460. The second-order valence-electron chi connectivity index (χ2n) is 10.1. The number of rotatable bonds is 8. The lowest BCUT2D eigenvalue weighted by molar-refractivity contribution is 0.0817. The third-order valence-corrected chi connectivity index (χ3v) is 8.16. The van der Waals surface area contributed by atoms with Gasteiger partial charge in [-0.25, -0.2) is 9.67 Å². The summed E-state index contributed by atoms with van der Waals surface area (Å²) in [6.45, 7) is 10.4. The second-order valence-corrected chi connectivity index (χ2v) is 15.8. The monoisotopic (exact) mass is 484 g/mol. The van der Waals surface area contributed by atoms with Crippen molar-refractivity contribution in [2.75, 3.05) is 13.7 Å². The van der Waals surface area contributed by atoms with Crippen LogP contribution in [-0.4, -0.2) is 41.5 Å². The third-order valence-electron chi connectivity index (χ3n) is 6.46. The smallest absolute Gasteiger partial charge is 0.139 e. The summed E-state index contributed by atoms with van der Waals surface area (Å²) in [7, 11) is 0.572. The van der Waals surface area contributed by atoms with E-state index in [2.05, 4.69) is 55.8 Å². The van der Waals surface area contributed by atoms with Crippen LogP contribution in [0.25, 0.3) is 44.5 Å². The predicted molar refractivity (Wildman–Crippen MR) is 146 cm³/mol. The minimum Gasteiger partial charge on any atom is -0.496 e. The number of nitrogens with zero attached hydrogens (tertiary/aromatic N) is 3. The lowest BCUT2D eigenvalue weighted by Crippen LogP contribution is -2.22. The molecule has 180 valence electrons. The first-order chi connectivity index (χ1) is 16.9. The van der Waals surface area contributed by atoms with E-state index in [0.29, 0.717) is 6.73 Å². The molecule has 35 heavy (non-hydrogen) atoms. The number of hydrogen-bond donors (Lipinski definition) is 1. The number of hydrogen-bond acceptors (Lipinski definition) is 4. The molecule has 7 heteroatoms. The van der Waals surface area contributed by atoms with Crippen LogP contribution < -0.4 is 4.74 Å². The molecule has 0 radical (unpaired) electrons. The van der Waals surface area contributed by atoms with Crippen LogP contribution in [0, 0.1) is 6.92 Å². The summed E-state index contributed by atoms with van der Waals surface area (Å²) < 4.78 is 13.6. The van der Waals surface area contributed by atoms with Crippen molar-refractivity contribution in [2.24, 2.45) is 0 Å². The van der Waals surface area contributed by atoms with Gasteiger partial charge in [0.1, 0.15) is 18.3 Å². The fraction of sp³-hybridized carbons (Fsp3) is 0.286. The molecule has 0 bridgehead atoms. The van der Waals surface area contributed by atoms with Gasteiger partial charge in [0.05, 0.1) is 29.9 Å². The van der Waals surface area contributed by atoms with Crippen LogP contribution in [0.5, 0.6) is 5.75 Å². The summed E-state index contributed by atoms with van der Waals surface area (Å²) >= 11 is 0. The number of methoxy groups -OCH3 is 1. The summed E-state index contributed by atoms with van der Waals surface area (Å²) in [6, 6.07) is 19.7. The number of H-pyrrole nitrogens is 1. The molecule has 5 aromatic rings. The Morgan fingerprint density at radius 1 is 0.971 bits per heavy atom. The molecule has 0 spiro atoms. The van der Waals surface area contributed by atoms with Crippen molar-refractivity contribution in [3.05, 3.63) is 66.4 Å². The Morgan fingerprint density at radius 2 is 1.80 bits per heavy atom. The van der Waals surface area contributed by atoms with E-state index in [1.807, 2.05) is 41.2 Å². The Morgan fingerprint density at radius 3 is 2.57 bits per heavy atom. The first-order valence-corrected chi connectivity index (χ1v) is 15.7. The van der Waals surface area contributed by atoms with E-state index in [1.165, 1.54) is 0 Å². The number of benzene rings is 3. The zero-order valence-corrected chi connectivity index (χ0v) is 22.1. The Balaban J connectivity index is 1.64. The highest BCUT2D eigenvalue weighted by molar-refractivity contribution is 6.76. The molecule has 0 aliphatic carbocycles. The molecule has 0 saturated carbocycles. The average molecular weight is 485 g/mol. The second kappa shape index (κ2) is 9.32. The third kappa shape index (κ3) is 4.61. The van der Waals surface area contributed by atoms with Crippen LogP contribution in [-0.2, 0) is 11.5 Å². The number of aromatic nitrogens is 4. The van der Waals surface area contributed by atoms with Crippen molar-refractivity contribution >= 4 is 30.0 Å². The molecule has 5 rings (SSSR count). The van der Waals surface area contributed by atoms with Crippen LogP contribution in [0.1, 0.15) is 5.56 Å². The molecule has 0 amide bonds. The van der Waals surface area contributed by atoms with Gasteiger partial charge in [-0.15, -0.1) is 0 Å². The molecule has 0 saturated heterocycles. The van der Waals surface area contributed by atoms with Crippen LogP contribution in [0.15, 0.2) is 60.8 Å². The molecule has 3 aromatic carbocycles. The number of fused-ring (bicyclic) bond motifs is 2. The molecule has 0 aliphatic heterocycles. The summed E-state index contributed by atoms with van der Waals surface area (Å²) in [6.07, 6.45) is 1.93. The molecule has 1 N–H and O–H groups in total. The van der Waals surface area contributed by atoms with Gasteiger partial charge in [-0.3, -0.25) is 0 Å². The zero-order chi connectivity index (χ0) is 24.6. The predicted octanol–water partition coefficient (Wildman–Crippen LogP) is 6.88. The van der Waals surface area contributed by atoms with Crippen molar-refractivity contribution in [1.29, 1.82) is 0 Å². The van der Waals surface area contributed by atoms with E-state index in [4.69, 9.17) is 19.6 Å². The quantitative estimate of drug-likeness (QED) is 0.193. The Kier molecular flexibility index (Phi) is 6.21. The van der Waals surface area contributed by atoms with Crippen molar-refractivity contribution in [3.8, 4) is 28.3 Å². The number of ether oxygens (including phenoxy) is 2. The van der Waals surface area contributed by atoms with Crippen LogP contribution in [0.2, 0.25) is 25.7 Å². The maximum Gasteiger partial charge on any atom is 0.139 e. The zero-order valence-electron chi connectivity index (χ0n) is 21.1. The fourth-order valence-corrected chi connectivity index (χ4v) is 5.22. The van der Waals surface area contributed by atoms with Crippen LogP contribution in [0.3, 0.4) is 0 Å². The molecular formula is C28H32N4O2Si. The first kappa shape index (κ1) is 23.3. The Labute approximate surface area is 206 Å². The van der Waals surface area contributed by atoms with Gasteiger partial charge in [-0.1, -0.05) is 50.0 Å². The number of para-hydroxylation sites is 2. The summed E-state index contributed by atoms with van der Waals surface area (Å²) in [5.74, 6) is 1.69. The van der Waals surface area contributed by atoms with E-state index >= 15 is 0 Å². The molecule has 0 atom stereocenters. The summed E-state index contributed by atoms with van der Waals surface area (Å²) in [5, 5.41) is 5.74. The van der Waals surface area contributed by atoms with Crippen molar-refractivity contribution in [3.63, 3.8) is 0 Å². The minimum absolute atomic E-state index is 0.436. The van der Waals surface area contributed by atoms with Gasteiger partial charge >= 0.3 is 0 Å². The van der Waals surface area contributed by atoms with Crippen LogP contribution >= 0.6 is 0 Å². The van der Waals surface area contributed by atoms with E-state index in [-0.39, 0.29) is 0 Å². The number of nitrogens with one attached hydrogen (secondary N) is 1. The molecule has 0 fully saturated rings. The molecule has 2 aromatic heterocycles. The van der Waals surface area contributed by atoms with Crippen molar-refractivity contribution in [1.82, 2.24) is 19.7 Å². The van der Waals surface area contributed by atoms with E-state index < -0.39 is 8.07 Å². The fourth-order valence-electron chi connectivity index (χ4n) is 4.46. The largest absolute Gasteiger partial charge is 0.496 e. The minimum atomic E-state index is -1.14. The SMILES string of the molecule is COc1cccc(-c2ccc3c(cnn3COCC[Si](C)(C)C)c2-c2nc3ccccc3[nH]2)c1C. The number of aromatic amines is 1. The highest BCUT2D eigenvalue weighted by Crippen LogP contribution is 2.40. The first-order valence-electron chi connectivity index (χ1n) is 12.0. The van der Waals surface area contributed by atoms with Crippen molar-refractivity contribution < 1.29 is 9.47 Å². The Hall–Kier alpha value is -3.42. The average Bonchev–Trinajstić information content (AvgIpc) is 3.45. The van der Waals surface area contributed by atoms with Gasteiger partial charge in [0.2, 0.25) is 0 Å². The van der Waals surface area contributed by atoms with Crippen molar-refractivity contribution in [2.45, 2.75) is 39.3 Å². The van der Waals surface area contributed by atoms with Gasteiger partial charge in [0, 0.05) is 25.6 Å². The topological polar surface area (TPSA) is 65.0 Å². The molecular weight excluding hydrogens is 452 g/mol. The summed E-state index contributed by atoms with van der Waals surface area (Å²) in [4.78, 5) is 8.49. The van der Waals surface area contributed by atoms with E-state index in [1.54, 1.807) is 7.11 Å². The maximum atomic E-state index is 6.02. The van der Waals surface area contributed by atoms with Gasteiger partial charge in [0.15, 0.2) is 0 Å². The highest BCUT2D eigenvalue weighted by Gasteiger charge is 2.20. The van der Waals surface area contributed by atoms with Gasteiger partial charge < -0.3 is 14.5 Å². The maximum absolute atomic E-state index is 6.02. The highest BCUT2D eigenvalue weighted by atomic mass is 28.3. The standard InChI is InChI=1S/C28H32N4O2Si/c1-19-20(9-8-12-26(19)33-2)21-13-14-25-22(17-29-32(25)18-34-15-16-35(3,4)5)27(21)28-30-23-10-6-7-11-24(23)31-28/h6-14,17H,15-16,18H2,1-5H3,(H,30,31). The summed E-state index contributed by atoms with van der Waals surface area (Å²) in [5.41, 5.74) is 7.30. The molecule has 0 aliphatic rings. The molecule has 2 heterocycles. The number of imidazole rings is 1. The van der Waals surface area contributed by atoms with E-state index in [0.717, 1.165) is 68.4 Å². The molecule has 6 nitrogen and oxygen atoms in total. The lowest BCUT2D eigenvalue weighted by Gasteiger charge is -2.16. The van der Waals surface area contributed by atoms with E-state index in [9.17, 15) is 0 Å².